The summed E-state index contributed by atoms with van der Waals surface area (Å²) < 4.78 is 5.51. The highest BCUT2D eigenvalue weighted by Crippen LogP contribution is 2.17. The van der Waals surface area contributed by atoms with Gasteiger partial charge in [-0.2, -0.15) is 0 Å². The average Bonchev–Trinajstić information content (AvgIpc) is 2.40. The third kappa shape index (κ3) is 3.58. The van der Waals surface area contributed by atoms with E-state index in [4.69, 9.17) is 16.3 Å². The molecule has 0 fully saturated rings. The molecule has 0 atom stereocenters. The number of benzene rings is 2. The molecule has 19 heavy (non-hydrogen) atoms. The molecule has 0 aromatic heterocycles. The van der Waals surface area contributed by atoms with Gasteiger partial charge in [0.05, 0.1) is 0 Å². The van der Waals surface area contributed by atoms with Crippen molar-refractivity contribution in [2.45, 2.75) is 13.8 Å². The molecular formula is C16H15ClO2. The van der Waals surface area contributed by atoms with Crippen LogP contribution >= 0.6 is 11.6 Å². The molecule has 0 saturated heterocycles. The number of hydrogen-bond donors (Lipinski definition) is 0. The molecule has 3 heteroatoms. The van der Waals surface area contributed by atoms with Crippen LogP contribution in [-0.4, -0.2) is 12.4 Å². The maximum absolute atomic E-state index is 11.9. The molecule has 98 valence electrons. The van der Waals surface area contributed by atoms with Gasteiger partial charge in [0.25, 0.3) is 0 Å². The summed E-state index contributed by atoms with van der Waals surface area (Å²) in [4.78, 5) is 11.9. The van der Waals surface area contributed by atoms with Crippen LogP contribution in [0.15, 0.2) is 42.5 Å². The monoisotopic (exact) mass is 274 g/mol. The predicted octanol–water partition coefficient (Wildman–Crippen LogP) is 4.22. The molecule has 0 amide bonds. The summed E-state index contributed by atoms with van der Waals surface area (Å²) >= 11 is 5.78. The van der Waals surface area contributed by atoms with Crippen LogP contribution in [0, 0.1) is 13.8 Å². The van der Waals surface area contributed by atoms with E-state index in [9.17, 15) is 4.79 Å². The zero-order valence-corrected chi connectivity index (χ0v) is 11.7. The molecule has 0 spiro atoms. The summed E-state index contributed by atoms with van der Waals surface area (Å²) in [7, 11) is 0. The van der Waals surface area contributed by atoms with Gasteiger partial charge in [0.2, 0.25) is 0 Å². The van der Waals surface area contributed by atoms with Crippen molar-refractivity contribution in [3.63, 3.8) is 0 Å². The van der Waals surface area contributed by atoms with Gasteiger partial charge in [-0.15, -0.1) is 0 Å². The van der Waals surface area contributed by atoms with E-state index >= 15 is 0 Å². The van der Waals surface area contributed by atoms with Gasteiger partial charge in [-0.05, 0) is 61.4 Å². The van der Waals surface area contributed by atoms with E-state index in [1.807, 2.05) is 32.0 Å². The highest BCUT2D eigenvalue weighted by atomic mass is 35.5. The van der Waals surface area contributed by atoms with E-state index in [1.54, 1.807) is 24.3 Å². The number of Topliss-reactive ketones (excluding diaryl/α,β-unsaturated/α-hetero) is 1. The van der Waals surface area contributed by atoms with E-state index in [2.05, 4.69) is 0 Å². The van der Waals surface area contributed by atoms with Crippen molar-refractivity contribution in [2.24, 2.45) is 0 Å². The lowest BCUT2D eigenvalue weighted by Gasteiger charge is -2.07. The van der Waals surface area contributed by atoms with E-state index in [0.29, 0.717) is 16.3 Å². The Morgan fingerprint density at radius 3 is 2.37 bits per heavy atom. The maximum atomic E-state index is 11.9. The first-order valence-corrected chi connectivity index (χ1v) is 6.43. The van der Waals surface area contributed by atoms with E-state index in [0.717, 1.165) is 5.56 Å². The molecule has 2 nitrogen and oxygen atoms in total. The molecule has 0 aliphatic rings. The van der Waals surface area contributed by atoms with Gasteiger partial charge in [0.15, 0.2) is 12.4 Å². The third-order valence-electron chi connectivity index (χ3n) is 3.01. The zero-order valence-electron chi connectivity index (χ0n) is 10.9. The Kier molecular flexibility index (Phi) is 4.23. The van der Waals surface area contributed by atoms with Crippen molar-refractivity contribution in [1.29, 1.82) is 0 Å². The fraction of sp³-hybridized carbons (Fsp3) is 0.188. The minimum atomic E-state index is -0.0603. The normalized spacial score (nSPS) is 10.3. The summed E-state index contributed by atoms with van der Waals surface area (Å²) in [5, 5.41) is 0.617. The Morgan fingerprint density at radius 1 is 1.05 bits per heavy atom. The highest BCUT2D eigenvalue weighted by Gasteiger charge is 2.07. The SMILES string of the molecule is Cc1ccc(OCC(=O)c2ccc(Cl)cc2)cc1C. The van der Waals surface area contributed by atoms with Gasteiger partial charge in [0, 0.05) is 10.6 Å². The van der Waals surface area contributed by atoms with Gasteiger partial charge in [-0.3, -0.25) is 4.79 Å². The Balaban J connectivity index is 2.00. The molecule has 0 N–H and O–H groups in total. The minimum absolute atomic E-state index is 0.0319. The molecule has 2 aromatic rings. The fourth-order valence-electron chi connectivity index (χ4n) is 1.67. The van der Waals surface area contributed by atoms with Crippen LogP contribution < -0.4 is 4.74 Å². The number of hydrogen-bond acceptors (Lipinski definition) is 2. The first kappa shape index (κ1) is 13.6. The average molecular weight is 275 g/mol. The standard InChI is InChI=1S/C16H15ClO2/c1-11-3-8-15(9-12(11)2)19-10-16(18)13-4-6-14(17)7-5-13/h3-9H,10H2,1-2H3. The summed E-state index contributed by atoms with van der Waals surface area (Å²) in [5.74, 6) is 0.653. The van der Waals surface area contributed by atoms with Gasteiger partial charge in [0.1, 0.15) is 5.75 Å². The molecular weight excluding hydrogens is 260 g/mol. The predicted molar refractivity (Wildman–Crippen MR) is 77.2 cm³/mol. The molecule has 2 rings (SSSR count). The number of carbonyl (C=O) groups is 1. The number of rotatable bonds is 4. The van der Waals surface area contributed by atoms with E-state index in [-0.39, 0.29) is 12.4 Å². The van der Waals surface area contributed by atoms with Crippen molar-refractivity contribution >= 4 is 17.4 Å². The largest absolute Gasteiger partial charge is 0.485 e. The third-order valence-corrected chi connectivity index (χ3v) is 3.27. The van der Waals surface area contributed by atoms with Crippen LogP contribution in [0.2, 0.25) is 5.02 Å². The first-order valence-electron chi connectivity index (χ1n) is 6.05. The van der Waals surface area contributed by atoms with Crippen LogP contribution in [0.1, 0.15) is 21.5 Å². The molecule has 0 aliphatic heterocycles. The fourth-order valence-corrected chi connectivity index (χ4v) is 1.80. The molecule has 0 radical (unpaired) electrons. The van der Waals surface area contributed by atoms with Crippen LogP contribution in [0.3, 0.4) is 0 Å². The van der Waals surface area contributed by atoms with E-state index < -0.39 is 0 Å². The highest BCUT2D eigenvalue weighted by molar-refractivity contribution is 6.30. The van der Waals surface area contributed by atoms with Crippen molar-refractivity contribution in [1.82, 2.24) is 0 Å². The van der Waals surface area contributed by atoms with Gasteiger partial charge in [-0.25, -0.2) is 0 Å². The van der Waals surface area contributed by atoms with Crippen LogP contribution in [-0.2, 0) is 0 Å². The summed E-state index contributed by atoms with van der Waals surface area (Å²) in [6.07, 6.45) is 0. The van der Waals surface area contributed by atoms with Crippen molar-refractivity contribution in [2.75, 3.05) is 6.61 Å². The second-order valence-electron chi connectivity index (χ2n) is 4.46. The summed E-state index contributed by atoms with van der Waals surface area (Å²) in [6.45, 7) is 4.09. The van der Waals surface area contributed by atoms with Crippen LogP contribution in [0.4, 0.5) is 0 Å². The lowest BCUT2D eigenvalue weighted by atomic mass is 10.1. The summed E-state index contributed by atoms with van der Waals surface area (Å²) in [5.41, 5.74) is 2.96. The maximum Gasteiger partial charge on any atom is 0.200 e. The second-order valence-corrected chi connectivity index (χ2v) is 4.90. The Morgan fingerprint density at radius 2 is 1.74 bits per heavy atom. The first-order chi connectivity index (χ1) is 9.06. The lowest BCUT2D eigenvalue weighted by Crippen LogP contribution is -2.11. The van der Waals surface area contributed by atoms with Crippen molar-refractivity contribution < 1.29 is 9.53 Å². The number of ketones is 1. The molecule has 0 bridgehead atoms. The van der Waals surface area contributed by atoms with Crippen molar-refractivity contribution in [3.8, 4) is 5.75 Å². The zero-order chi connectivity index (χ0) is 13.8. The second kappa shape index (κ2) is 5.89. The van der Waals surface area contributed by atoms with Crippen LogP contribution in [0.25, 0.3) is 0 Å². The van der Waals surface area contributed by atoms with Gasteiger partial charge < -0.3 is 4.74 Å². The minimum Gasteiger partial charge on any atom is -0.485 e. The quantitative estimate of drug-likeness (QED) is 0.781. The molecule has 2 aromatic carbocycles. The molecule has 0 saturated carbocycles. The van der Waals surface area contributed by atoms with Gasteiger partial charge >= 0.3 is 0 Å². The Labute approximate surface area is 118 Å². The lowest BCUT2D eigenvalue weighted by molar-refractivity contribution is 0.0921. The van der Waals surface area contributed by atoms with Crippen LogP contribution in [0.5, 0.6) is 5.75 Å². The van der Waals surface area contributed by atoms with Gasteiger partial charge in [-0.1, -0.05) is 17.7 Å². The Bertz CT molecular complexity index is 588. The molecule has 0 aliphatic carbocycles. The Hall–Kier alpha value is -1.80. The van der Waals surface area contributed by atoms with E-state index in [1.165, 1.54) is 5.56 Å². The number of aryl methyl sites for hydroxylation is 2. The van der Waals surface area contributed by atoms with Crippen molar-refractivity contribution in [3.05, 3.63) is 64.2 Å². The number of ether oxygens (including phenoxy) is 1. The topological polar surface area (TPSA) is 26.3 Å². The molecule has 0 unspecified atom stereocenters. The summed E-state index contributed by atoms with van der Waals surface area (Å²) in [6, 6.07) is 12.6. The number of halogens is 1. The smallest absolute Gasteiger partial charge is 0.200 e. The molecule has 0 heterocycles. The number of carbonyl (C=O) groups excluding carboxylic acids is 1.